The van der Waals surface area contributed by atoms with Crippen LogP contribution in [0.3, 0.4) is 0 Å². The SMILES string of the molecule is Cc1c(F)cc(Br)cc1C(N)=O. The third kappa shape index (κ3) is 1.64. The number of primary amides is 1. The van der Waals surface area contributed by atoms with Crippen LogP contribution in [0.15, 0.2) is 16.6 Å². The summed E-state index contributed by atoms with van der Waals surface area (Å²) in [6, 6.07) is 2.79. The van der Waals surface area contributed by atoms with E-state index in [0.29, 0.717) is 4.47 Å². The molecule has 64 valence electrons. The summed E-state index contributed by atoms with van der Waals surface area (Å²) in [6.45, 7) is 1.52. The molecule has 0 atom stereocenters. The third-order valence-electron chi connectivity index (χ3n) is 1.57. The molecule has 1 aromatic carbocycles. The van der Waals surface area contributed by atoms with Crippen LogP contribution in [-0.4, -0.2) is 5.91 Å². The molecule has 0 saturated carbocycles. The molecule has 0 fully saturated rings. The maximum absolute atomic E-state index is 13.0. The molecule has 0 radical (unpaired) electrons. The molecule has 0 unspecified atom stereocenters. The molecule has 12 heavy (non-hydrogen) atoms. The van der Waals surface area contributed by atoms with Crippen molar-refractivity contribution >= 4 is 21.8 Å². The van der Waals surface area contributed by atoms with E-state index < -0.39 is 11.7 Å². The number of carbonyl (C=O) groups excluding carboxylic acids is 1. The highest BCUT2D eigenvalue weighted by Crippen LogP contribution is 2.19. The Kier molecular flexibility index (Phi) is 2.47. The molecule has 0 saturated heterocycles. The van der Waals surface area contributed by atoms with Gasteiger partial charge in [0.1, 0.15) is 5.82 Å². The number of nitrogens with two attached hydrogens (primary N) is 1. The predicted octanol–water partition coefficient (Wildman–Crippen LogP) is 2.00. The van der Waals surface area contributed by atoms with Crippen LogP contribution in [0.1, 0.15) is 15.9 Å². The summed E-state index contributed by atoms with van der Waals surface area (Å²) in [4.78, 5) is 10.8. The Labute approximate surface area is 77.7 Å². The van der Waals surface area contributed by atoms with Gasteiger partial charge in [-0.3, -0.25) is 4.79 Å². The van der Waals surface area contributed by atoms with Crippen LogP contribution in [0, 0.1) is 12.7 Å². The lowest BCUT2D eigenvalue weighted by atomic mass is 10.1. The van der Waals surface area contributed by atoms with Gasteiger partial charge in [-0.1, -0.05) is 15.9 Å². The monoisotopic (exact) mass is 231 g/mol. The molecular formula is C8H7BrFNO. The summed E-state index contributed by atoms with van der Waals surface area (Å²) in [7, 11) is 0. The molecule has 4 heteroatoms. The molecule has 2 nitrogen and oxygen atoms in total. The van der Waals surface area contributed by atoms with Crippen molar-refractivity contribution in [3.05, 3.63) is 33.5 Å². The van der Waals surface area contributed by atoms with E-state index in [4.69, 9.17) is 5.73 Å². The summed E-state index contributed by atoms with van der Waals surface area (Å²) in [5.41, 5.74) is 5.52. The summed E-state index contributed by atoms with van der Waals surface area (Å²) in [5.74, 6) is -1.05. The van der Waals surface area contributed by atoms with Crippen LogP contribution in [-0.2, 0) is 0 Å². The highest BCUT2D eigenvalue weighted by molar-refractivity contribution is 9.10. The average molecular weight is 232 g/mol. The zero-order chi connectivity index (χ0) is 9.30. The number of hydrogen-bond acceptors (Lipinski definition) is 1. The Hall–Kier alpha value is -0.900. The molecule has 0 aliphatic rings. The van der Waals surface area contributed by atoms with Crippen LogP contribution in [0.4, 0.5) is 4.39 Å². The molecule has 1 aromatic rings. The first-order valence-corrected chi connectivity index (χ1v) is 4.07. The molecule has 1 amide bonds. The molecule has 0 spiro atoms. The minimum atomic E-state index is -0.618. The van der Waals surface area contributed by atoms with E-state index in [9.17, 15) is 9.18 Å². The highest BCUT2D eigenvalue weighted by atomic mass is 79.9. The van der Waals surface area contributed by atoms with Crippen molar-refractivity contribution in [2.75, 3.05) is 0 Å². The second-order valence-electron chi connectivity index (χ2n) is 2.42. The maximum atomic E-state index is 13.0. The lowest BCUT2D eigenvalue weighted by Gasteiger charge is -2.02. The van der Waals surface area contributed by atoms with Crippen molar-refractivity contribution in [3.8, 4) is 0 Å². The maximum Gasteiger partial charge on any atom is 0.249 e. The quantitative estimate of drug-likeness (QED) is 0.790. The Morgan fingerprint density at radius 2 is 2.17 bits per heavy atom. The largest absolute Gasteiger partial charge is 0.366 e. The van der Waals surface area contributed by atoms with Crippen molar-refractivity contribution in [1.29, 1.82) is 0 Å². The van der Waals surface area contributed by atoms with Gasteiger partial charge < -0.3 is 5.73 Å². The van der Waals surface area contributed by atoms with Gasteiger partial charge in [-0.15, -0.1) is 0 Å². The standard InChI is InChI=1S/C8H7BrFNO/c1-4-6(8(11)12)2-5(9)3-7(4)10/h2-3H,1H3,(H2,11,12). The lowest BCUT2D eigenvalue weighted by Crippen LogP contribution is -2.13. The molecule has 0 aliphatic heterocycles. The van der Waals surface area contributed by atoms with Gasteiger partial charge in [0.05, 0.1) is 0 Å². The second kappa shape index (κ2) is 3.23. The molecule has 0 heterocycles. The Bertz CT molecular complexity index is 338. The van der Waals surface area contributed by atoms with Gasteiger partial charge in [0.15, 0.2) is 0 Å². The normalized spacial score (nSPS) is 9.92. The van der Waals surface area contributed by atoms with Crippen molar-refractivity contribution in [1.82, 2.24) is 0 Å². The van der Waals surface area contributed by atoms with Crippen molar-refractivity contribution in [2.24, 2.45) is 5.73 Å². The van der Waals surface area contributed by atoms with Gasteiger partial charge in [-0.2, -0.15) is 0 Å². The number of benzene rings is 1. The first kappa shape index (κ1) is 9.19. The van der Waals surface area contributed by atoms with E-state index in [1.54, 1.807) is 0 Å². The van der Waals surface area contributed by atoms with E-state index in [0.717, 1.165) is 0 Å². The molecule has 0 aliphatic carbocycles. The molecule has 0 bridgehead atoms. The zero-order valence-electron chi connectivity index (χ0n) is 6.40. The van der Waals surface area contributed by atoms with Crippen molar-refractivity contribution < 1.29 is 9.18 Å². The van der Waals surface area contributed by atoms with Crippen LogP contribution in [0.25, 0.3) is 0 Å². The molecule has 0 aromatic heterocycles. The molecule has 2 N–H and O–H groups in total. The first-order valence-electron chi connectivity index (χ1n) is 3.28. The van der Waals surface area contributed by atoms with E-state index >= 15 is 0 Å². The summed E-state index contributed by atoms with van der Waals surface area (Å²) >= 11 is 3.07. The number of halogens is 2. The van der Waals surface area contributed by atoms with E-state index in [1.165, 1.54) is 19.1 Å². The summed E-state index contributed by atoms with van der Waals surface area (Å²) < 4.78 is 13.5. The minimum Gasteiger partial charge on any atom is -0.366 e. The third-order valence-corrected chi connectivity index (χ3v) is 2.03. The van der Waals surface area contributed by atoms with Gasteiger partial charge >= 0.3 is 0 Å². The lowest BCUT2D eigenvalue weighted by molar-refractivity contribution is 0.0999. The van der Waals surface area contributed by atoms with Crippen LogP contribution in [0.5, 0.6) is 0 Å². The van der Waals surface area contributed by atoms with Crippen LogP contribution in [0.2, 0.25) is 0 Å². The average Bonchev–Trinajstić information content (AvgIpc) is 1.96. The number of rotatable bonds is 1. The van der Waals surface area contributed by atoms with Crippen LogP contribution >= 0.6 is 15.9 Å². The Morgan fingerprint density at radius 1 is 1.58 bits per heavy atom. The minimum absolute atomic E-state index is 0.210. The Morgan fingerprint density at radius 3 is 2.67 bits per heavy atom. The topological polar surface area (TPSA) is 43.1 Å². The van der Waals surface area contributed by atoms with Crippen LogP contribution < -0.4 is 5.73 Å². The van der Waals surface area contributed by atoms with Gasteiger partial charge in [0.2, 0.25) is 5.91 Å². The number of hydrogen-bond donors (Lipinski definition) is 1. The zero-order valence-corrected chi connectivity index (χ0v) is 7.98. The fraction of sp³-hybridized carbons (Fsp3) is 0.125. The number of carbonyl (C=O) groups is 1. The summed E-state index contributed by atoms with van der Waals surface area (Å²) in [5, 5.41) is 0. The van der Waals surface area contributed by atoms with E-state index in [2.05, 4.69) is 15.9 Å². The summed E-state index contributed by atoms with van der Waals surface area (Å²) in [6.07, 6.45) is 0. The molecular weight excluding hydrogens is 225 g/mol. The highest BCUT2D eigenvalue weighted by Gasteiger charge is 2.09. The Balaban J connectivity index is 3.37. The predicted molar refractivity (Wildman–Crippen MR) is 47.4 cm³/mol. The van der Waals surface area contributed by atoms with Crippen molar-refractivity contribution in [2.45, 2.75) is 6.92 Å². The van der Waals surface area contributed by atoms with E-state index in [1.807, 2.05) is 0 Å². The van der Waals surface area contributed by atoms with Gasteiger partial charge in [0.25, 0.3) is 0 Å². The second-order valence-corrected chi connectivity index (χ2v) is 3.34. The fourth-order valence-corrected chi connectivity index (χ4v) is 1.33. The van der Waals surface area contributed by atoms with Gasteiger partial charge in [-0.05, 0) is 24.6 Å². The van der Waals surface area contributed by atoms with Crippen molar-refractivity contribution in [3.63, 3.8) is 0 Å². The van der Waals surface area contributed by atoms with E-state index in [-0.39, 0.29) is 11.1 Å². The van der Waals surface area contributed by atoms with Gasteiger partial charge in [-0.25, -0.2) is 4.39 Å². The van der Waals surface area contributed by atoms with Gasteiger partial charge in [0, 0.05) is 10.0 Å². The number of amides is 1. The molecule has 1 rings (SSSR count). The first-order chi connectivity index (χ1) is 5.52. The fourth-order valence-electron chi connectivity index (χ4n) is 0.902. The smallest absolute Gasteiger partial charge is 0.249 e.